The van der Waals surface area contributed by atoms with E-state index in [1.165, 1.54) is 12.1 Å². The maximum atomic E-state index is 13.6. The van der Waals surface area contributed by atoms with Crippen LogP contribution in [-0.4, -0.2) is 46.4 Å². The average Bonchev–Trinajstić information content (AvgIpc) is 3.57. The molecule has 0 aliphatic heterocycles. The number of nitrogens with one attached hydrogen (secondary N) is 1. The van der Waals surface area contributed by atoms with E-state index < -0.39 is 23.6 Å². The largest absolute Gasteiger partial charge is 0.451 e. The molecule has 2 aliphatic carbocycles. The molecule has 3 aromatic rings. The Labute approximate surface area is 233 Å². The Morgan fingerprint density at radius 1 is 1.00 bits per heavy atom. The van der Waals surface area contributed by atoms with Crippen LogP contribution in [0.4, 0.5) is 8.78 Å². The predicted molar refractivity (Wildman–Crippen MR) is 151 cm³/mol. The summed E-state index contributed by atoms with van der Waals surface area (Å²) in [6, 6.07) is 12.9. The van der Waals surface area contributed by atoms with E-state index in [0.717, 1.165) is 43.1 Å². The molecule has 4 N–H and O–H groups in total. The van der Waals surface area contributed by atoms with Gasteiger partial charge in [0.15, 0.2) is 5.76 Å². The van der Waals surface area contributed by atoms with Crippen molar-refractivity contribution >= 4 is 22.8 Å². The van der Waals surface area contributed by atoms with Crippen molar-refractivity contribution in [2.24, 2.45) is 5.73 Å². The quantitative estimate of drug-likeness (QED) is 0.313. The number of benzene rings is 2. The molecule has 1 atom stereocenters. The third kappa shape index (κ3) is 5.63. The second-order valence-electron chi connectivity index (χ2n) is 11.0. The second-order valence-corrected chi connectivity index (χ2v) is 11.0. The first-order chi connectivity index (χ1) is 18.9. The number of rotatable bonds is 7. The number of hydrogen-bond acceptors (Lipinski definition) is 5. The van der Waals surface area contributed by atoms with Crippen LogP contribution in [0.3, 0.4) is 0 Å². The molecule has 9 heteroatoms. The van der Waals surface area contributed by atoms with E-state index in [-0.39, 0.29) is 22.8 Å². The van der Waals surface area contributed by atoms with Crippen LogP contribution in [-0.2, 0) is 10.5 Å². The summed E-state index contributed by atoms with van der Waals surface area (Å²) in [7, 11) is 1.83. The van der Waals surface area contributed by atoms with Crippen LogP contribution in [0.1, 0.15) is 81.8 Å². The lowest BCUT2D eigenvalue weighted by atomic mass is 9.80. The van der Waals surface area contributed by atoms with E-state index in [4.69, 9.17) is 10.2 Å². The van der Waals surface area contributed by atoms with Gasteiger partial charge in [-0.05, 0) is 55.9 Å². The first-order valence-corrected chi connectivity index (χ1v) is 14.0. The molecular weight excluding hydrogens is 516 g/mol. The molecule has 0 unspecified atom stereocenters. The molecular formula is C31H39F2N3O4. The van der Waals surface area contributed by atoms with Gasteiger partial charge in [0.1, 0.15) is 11.1 Å². The normalized spacial score (nSPS) is 18.8. The minimum absolute atomic E-state index is 0.0383. The first kappa shape index (κ1) is 29.7. The molecule has 2 amide bonds. The molecule has 7 nitrogen and oxygen atoms in total. The number of fused-ring (bicyclic) bond motifs is 1. The van der Waals surface area contributed by atoms with Crippen molar-refractivity contribution < 1.29 is 27.9 Å². The highest BCUT2D eigenvalue weighted by Gasteiger charge is 2.51. The molecule has 2 fully saturated rings. The molecule has 0 bridgehead atoms. The molecule has 2 aliphatic rings. The highest BCUT2D eigenvalue weighted by Crippen LogP contribution is 2.43. The van der Waals surface area contributed by atoms with Gasteiger partial charge in [0.25, 0.3) is 12.3 Å². The van der Waals surface area contributed by atoms with Crippen molar-refractivity contribution in [1.82, 2.24) is 10.2 Å². The molecule has 1 heterocycles. The Balaban J connectivity index is 0.00000181. The molecule has 1 aromatic heterocycles. The zero-order valence-electron chi connectivity index (χ0n) is 23.6. The van der Waals surface area contributed by atoms with E-state index in [1.54, 1.807) is 30.3 Å². The molecule has 40 heavy (non-hydrogen) atoms. The number of alkyl halides is 2. The summed E-state index contributed by atoms with van der Waals surface area (Å²) in [6.07, 6.45) is 2.78. The van der Waals surface area contributed by atoms with Crippen molar-refractivity contribution in [1.29, 1.82) is 0 Å². The second kappa shape index (κ2) is 11.3. The number of carbonyl (C=O) groups excluding carboxylic acids is 2. The summed E-state index contributed by atoms with van der Waals surface area (Å²) in [5.74, 6) is -0.342. The van der Waals surface area contributed by atoms with E-state index in [2.05, 4.69) is 12.2 Å². The lowest BCUT2D eigenvalue weighted by molar-refractivity contribution is -0.140. The zero-order valence-corrected chi connectivity index (χ0v) is 23.6. The fraction of sp³-hybridized carbons (Fsp3) is 0.484. The van der Waals surface area contributed by atoms with Crippen LogP contribution in [0.5, 0.6) is 0 Å². The number of nitrogens with two attached hydrogens (primary N) is 1. The topological polar surface area (TPSA) is 109 Å². The van der Waals surface area contributed by atoms with Crippen molar-refractivity contribution in [2.75, 3.05) is 7.05 Å². The summed E-state index contributed by atoms with van der Waals surface area (Å²) in [5.41, 5.74) is 3.36. The number of furan rings is 1. The summed E-state index contributed by atoms with van der Waals surface area (Å²) < 4.78 is 32.0. The van der Waals surface area contributed by atoms with Crippen molar-refractivity contribution in [3.05, 3.63) is 59.9 Å². The molecule has 0 saturated heterocycles. The minimum atomic E-state index is -3.13. The highest BCUT2D eigenvalue weighted by molar-refractivity contribution is 6.00. The highest BCUT2D eigenvalue weighted by atomic mass is 19.3. The molecule has 0 radical (unpaired) electrons. The maximum Gasteiger partial charge on any atom is 0.287 e. The number of aliphatic hydroxyl groups is 1. The molecule has 2 saturated carbocycles. The fourth-order valence-electron chi connectivity index (χ4n) is 5.29. The Kier molecular flexibility index (Phi) is 8.38. The van der Waals surface area contributed by atoms with Crippen LogP contribution in [0.25, 0.3) is 22.1 Å². The van der Waals surface area contributed by atoms with Gasteiger partial charge < -0.3 is 19.7 Å². The summed E-state index contributed by atoms with van der Waals surface area (Å²) in [6.45, 7) is 6.07. The number of nitrogens with zero attached hydrogens (tertiary/aromatic N) is 1. The number of likely N-dealkylation sites (N-methyl/N-ethyl adjacent to an activating group) is 1. The van der Waals surface area contributed by atoms with Gasteiger partial charge in [0.2, 0.25) is 11.6 Å². The summed E-state index contributed by atoms with van der Waals surface area (Å²) >= 11 is 0. The first-order valence-electron chi connectivity index (χ1n) is 14.0. The minimum Gasteiger partial charge on any atom is -0.451 e. The van der Waals surface area contributed by atoms with Gasteiger partial charge in [-0.15, -0.1) is 0 Å². The lowest BCUT2D eigenvalue weighted by Crippen LogP contribution is -2.61. The number of carbonyl (C=O) groups is 2. The zero-order chi connectivity index (χ0) is 29.3. The van der Waals surface area contributed by atoms with Gasteiger partial charge in [0.05, 0.1) is 0 Å². The predicted octanol–water partition coefficient (Wildman–Crippen LogP) is 5.94. The van der Waals surface area contributed by atoms with Gasteiger partial charge in [-0.3, -0.25) is 15.3 Å². The number of halogens is 2. The number of amides is 2. The monoisotopic (exact) mass is 555 g/mol. The van der Waals surface area contributed by atoms with Crippen molar-refractivity contribution in [3.8, 4) is 11.1 Å². The van der Waals surface area contributed by atoms with Gasteiger partial charge in [-0.1, -0.05) is 69.5 Å². The Bertz CT molecular complexity index is 1360. The Morgan fingerprint density at radius 3 is 2.17 bits per heavy atom. The molecule has 216 valence electrons. The van der Waals surface area contributed by atoms with Crippen molar-refractivity contribution in [3.63, 3.8) is 0 Å². The van der Waals surface area contributed by atoms with E-state index in [0.29, 0.717) is 24.0 Å². The third-order valence-electron chi connectivity index (χ3n) is 8.31. The number of hydrogen-bond donors (Lipinski definition) is 3. The standard InChI is InChI=1S/C29H33F2N3O4.C2H6/c1-27(14-15-27)34(2)26(36)28(12-4-3-5-13-28)33-24(35)23-17-20-7-6-19(16-22(20)38-23)18-8-10-21(11-9-18)29(32,37)25(30)31;1-2/h6-11,16-17,25,37H,3-5,12-15,32H2,1-2H3,(H,33,35);1-2H3/t29-;/m1./s1. The van der Waals surface area contributed by atoms with E-state index in [9.17, 15) is 23.5 Å². The molecule has 0 spiro atoms. The SMILES string of the molecule is CC.CN(C(=O)C1(NC(=O)c2cc3ccc(-c4ccc([C@@](N)(O)C(F)F)cc4)cc3o2)CCCCC1)C1(C)CC1. The van der Waals surface area contributed by atoms with Crippen LogP contribution in [0.15, 0.2) is 52.9 Å². The fourth-order valence-corrected chi connectivity index (χ4v) is 5.29. The Morgan fingerprint density at radius 2 is 1.60 bits per heavy atom. The smallest absolute Gasteiger partial charge is 0.287 e. The summed E-state index contributed by atoms with van der Waals surface area (Å²) in [5, 5.41) is 13.6. The van der Waals surface area contributed by atoms with Crippen LogP contribution >= 0.6 is 0 Å². The van der Waals surface area contributed by atoms with Crippen LogP contribution in [0, 0.1) is 0 Å². The van der Waals surface area contributed by atoms with Crippen molar-refractivity contribution in [2.45, 2.75) is 88.9 Å². The maximum absolute atomic E-state index is 13.6. The van der Waals surface area contributed by atoms with Gasteiger partial charge in [-0.2, -0.15) is 0 Å². The Hall–Kier alpha value is -3.30. The van der Waals surface area contributed by atoms with Gasteiger partial charge >= 0.3 is 0 Å². The van der Waals surface area contributed by atoms with E-state index in [1.807, 2.05) is 31.9 Å². The third-order valence-corrected chi connectivity index (χ3v) is 8.31. The van der Waals surface area contributed by atoms with Gasteiger partial charge in [-0.25, -0.2) is 8.78 Å². The average molecular weight is 556 g/mol. The van der Waals surface area contributed by atoms with Crippen LogP contribution < -0.4 is 11.1 Å². The van der Waals surface area contributed by atoms with Crippen LogP contribution in [0.2, 0.25) is 0 Å². The molecule has 5 rings (SSSR count). The summed E-state index contributed by atoms with van der Waals surface area (Å²) in [4.78, 5) is 28.7. The van der Waals surface area contributed by atoms with Gasteiger partial charge in [0, 0.05) is 23.5 Å². The molecule has 2 aromatic carbocycles. The lowest BCUT2D eigenvalue weighted by Gasteiger charge is -2.41. The van der Waals surface area contributed by atoms with E-state index >= 15 is 0 Å².